The predicted molar refractivity (Wildman–Crippen MR) is 101 cm³/mol. The molecule has 0 unspecified atom stereocenters. The smallest absolute Gasteiger partial charge is 0.212 e. The minimum Gasteiger partial charge on any atom is -0.323 e. The molecule has 0 radical (unpaired) electrons. The van der Waals surface area contributed by atoms with Crippen LogP contribution in [-0.2, 0) is 0 Å². The third-order valence-electron chi connectivity index (χ3n) is 4.34. The summed E-state index contributed by atoms with van der Waals surface area (Å²) >= 11 is 5.71. The number of aromatic nitrogens is 3. The van der Waals surface area contributed by atoms with Gasteiger partial charge in [-0.2, -0.15) is 0 Å². The molecule has 0 atom stereocenters. The van der Waals surface area contributed by atoms with Crippen molar-refractivity contribution >= 4 is 18.0 Å². The largest absolute Gasteiger partial charge is 0.323 e. The molecule has 5 heteroatoms. The molecule has 0 amide bonds. The van der Waals surface area contributed by atoms with Gasteiger partial charge >= 0.3 is 0 Å². The molecule has 0 saturated carbocycles. The number of hydrogen-bond acceptors (Lipinski definition) is 2. The van der Waals surface area contributed by atoms with Gasteiger partial charge in [-0.1, -0.05) is 36.0 Å². The molecule has 4 rings (SSSR count). The fraction of sp³-hybridized carbons (Fsp3) is 0.100. The number of rotatable bonds is 2. The first-order valence-corrected chi connectivity index (χ1v) is 8.38. The topological polar surface area (TPSA) is 33.1 Å². The number of H-pyrrole nitrogens is 1. The predicted octanol–water partition coefficient (Wildman–Crippen LogP) is 5.48. The van der Waals surface area contributed by atoms with E-state index in [-0.39, 0.29) is 5.82 Å². The minimum absolute atomic E-state index is 0.258. The number of nitrogens with one attached hydrogen (secondary N) is 1. The Balaban J connectivity index is 1.90. The Morgan fingerprint density at radius 2 is 1.80 bits per heavy atom. The van der Waals surface area contributed by atoms with Crippen molar-refractivity contribution in [3.05, 3.63) is 76.4 Å². The first-order chi connectivity index (χ1) is 12.0. The van der Waals surface area contributed by atoms with E-state index in [2.05, 4.69) is 42.0 Å². The highest BCUT2D eigenvalue weighted by Gasteiger charge is 2.10. The summed E-state index contributed by atoms with van der Waals surface area (Å²) in [6.45, 7) is 4.13. The van der Waals surface area contributed by atoms with Crippen molar-refractivity contribution in [3.8, 4) is 22.4 Å². The van der Waals surface area contributed by atoms with Crippen LogP contribution in [0.15, 0.2) is 54.9 Å². The highest BCUT2D eigenvalue weighted by molar-refractivity contribution is 7.71. The lowest BCUT2D eigenvalue weighted by Gasteiger charge is -2.08. The van der Waals surface area contributed by atoms with E-state index in [4.69, 9.17) is 12.2 Å². The third-order valence-corrected chi connectivity index (χ3v) is 4.75. The summed E-state index contributed by atoms with van der Waals surface area (Å²) in [5.41, 5.74) is 6.09. The number of halogens is 1. The van der Waals surface area contributed by atoms with Gasteiger partial charge in [0.2, 0.25) is 5.78 Å². The van der Waals surface area contributed by atoms with Gasteiger partial charge in [-0.05, 0) is 54.8 Å². The van der Waals surface area contributed by atoms with Crippen LogP contribution in [0.3, 0.4) is 0 Å². The van der Waals surface area contributed by atoms with Gasteiger partial charge in [0.15, 0.2) is 0 Å². The van der Waals surface area contributed by atoms with Crippen LogP contribution in [0.25, 0.3) is 28.2 Å². The third kappa shape index (κ3) is 2.76. The quantitative estimate of drug-likeness (QED) is 0.486. The molecular weight excluding hydrogens is 333 g/mol. The summed E-state index contributed by atoms with van der Waals surface area (Å²) in [5.74, 6) is 0.408. The number of nitrogens with zero attached hydrogens (tertiary/aromatic N) is 2. The number of aryl methyl sites for hydroxylation is 2. The first kappa shape index (κ1) is 15.7. The van der Waals surface area contributed by atoms with Gasteiger partial charge < -0.3 is 4.98 Å². The van der Waals surface area contributed by atoms with Gasteiger partial charge in [0, 0.05) is 18.0 Å². The van der Waals surface area contributed by atoms with Crippen LogP contribution in [0.1, 0.15) is 11.1 Å². The van der Waals surface area contributed by atoms with Crippen molar-refractivity contribution in [2.24, 2.45) is 0 Å². The Morgan fingerprint density at radius 1 is 1.04 bits per heavy atom. The molecule has 1 N–H and O–H groups in total. The number of fused-ring (bicyclic) bond motifs is 1. The lowest BCUT2D eigenvalue weighted by atomic mass is 10.0. The molecule has 2 aromatic heterocycles. The van der Waals surface area contributed by atoms with E-state index >= 15 is 0 Å². The Hall–Kier alpha value is -2.79. The Morgan fingerprint density at radius 3 is 2.56 bits per heavy atom. The molecule has 0 saturated heterocycles. The highest BCUT2D eigenvalue weighted by Crippen LogP contribution is 2.27. The van der Waals surface area contributed by atoms with E-state index in [1.807, 2.05) is 16.8 Å². The molecule has 25 heavy (non-hydrogen) atoms. The molecule has 0 aliphatic rings. The van der Waals surface area contributed by atoms with Crippen LogP contribution in [0.4, 0.5) is 4.39 Å². The van der Waals surface area contributed by atoms with Crippen molar-refractivity contribution in [2.75, 3.05) is 0 Å². The van der Waals surface area contributed by atoms with Crippen molar-refractivity contribution in [2.45, 2.75) is 13.8 Å². The van der Waals surface area contributed by atoms with Gasteiger partial charge in [-0.25, -0.2) is 9.37 Å². The van der Waals surface area contributed by atoms with E-state index in [1.54, 1.807) is 12.1 Å². The molecule has 2 aromatic carbocycles. The summed E-state index contributed by atoms with van der Waals surface area (Å²) in [6.07, 6.45) is 3.72. The molecule has 0 spiro atoms. The van der Waals surface area contributed by atoms with E-state index in [0.717, 1.165) is 27.9 Å². The zero-order valence-electron chi connectivity index (χ0n) is 13.9. The van der Waals surface area contributed by atoms with Crippen LogP contribution >= 0.6 is 12.2 Å². The monoisotopic (exact) mass is 349 g/mol. The summed E-state index contributed by atoms with van der Waals surface area (Å²) in [5, 5.41) is 0. The van der Waals surface area contributed by atoms with Gasteiger partial charge in [-0.3, -0.25) is 4.40 Å². The van der Waals surface area contributed by atoms with Gasteiger partial charge in [-0.15, -0.1) is 0 Å². The molecule has 0 bridgehead atoms. The first-order valence-electron chi connectivity index (χ1n) is 7.97. The number of benzene rings is 2. The second-order valence-corrected chi connectivity index (χ2v) is 6.55. The van der Waals surface area contributed by atoms with Crippen molar-refractivity contribution in [3.63, 3.8) is 0 Å². The molecule has 0 fully saturated rings. The normalized spacial score (nSPS) is 11.2. The summed E-state index contributed by atoms with van der Waals surface area (Å²) in [7, 11) is 0. The van der Waals surface area contributed by atoms with Crippen molar-refractivity contribution < 1.29 is 4.39 Å². The maximum Gasteiger partial charge on any atom is 0.212 e. The number of aromatic amines is 1. The summed E-state index contributed by atoms with van der Waals surface area (Å²) in [6, 6.07) is 12.6. The molecule has 124 valence electrons. The van der Waals surface area contributed by atoms with Gasteiger partial charge in [0.1, 0.15) is 10.5 Å². The van der Waals surface area contributed by atoms with Crippen molar-refractivity contribution in [1.82, 2.24) is 14.4 Å². The average molecular weight is 349 g/mol. The lowest BCUT2D eigenvalue weighted by molar-refractivity contribution is 0.628. The van der Waals surface area contributed by atoms with Crippen LogP contribution < -0.4 is 0 Å². The van der Waals surface area contributed by atoms with E-state index in [1.165, 1.54) is 17.7 Å². The summed E-state index contributed by atoms with van der Waals surface area (Å²) in [4.78, 5) is 7.76. The van der Waals surface area contributed by atoms with Crippen LogP contribution in [0.2, 0.25) is 0 Å². The second-order valence-electron chi connectivity index (χ2n) is 6.16. The molecule has 0 aliphatic heterocycles. The highest BCUT2D eigenvalue weighted by atomic mass is 32.1. The molecule has 2 heterocycles. The average Bonchev–Trinajstić information content (AvgIpc) is 3.03. The lowest BCUT2D eigenvalue weighted by Crippen LogP contribution is -1.94. The zero-order chi connectivity index (χ0) is 17.6. The Kier molecular flexibility index (Phi) is 3.73. The fourth-order valence-electron chi connectivity index (χ4n) is 2.95. The maximum absolute atomic E-state index is 13.1. The van der Waals surface area contributed by atoms with Gasteiger partial charge in [0.25, 0.3) is 0 Å². The van der Waals surface area contributed by atoms with Gasteiger partial charge in [0.05, 0.1) is 5.69 Å². The maximum atomic E-state index is 13.1. The molecule has 3 nitrogen and oxygen atoms in total. The van der Waals surface area contributed by atoms with Crippen LogP contribution in [0.5, 0.6) is 0 Å². The van der Waals surface area contributed by atoms with E-state index in [0.29, 0.717) is 10.4 Å². The number of imidazole rings is 1. The van der Waals surface area contributed by atoms with Crippen molar-refractivity contribution in [1.29, 1.82) is 0 Å². The molecular formula is C20H16FN3S. The summed E-state index contributed by atoms with van der Waals surface area (Å²) < 4.78 is 15.7. The van der Waals surface area contributed by atoms with E-state index in [9.17, 15) is 4.39 Å². The van der Waals surface area contributed by atoms with Crippen LogP contribution in [0, 0.1) is 24.3 Å². The number of hydrogen-bond donors (Lipinski definition) is 1. The second kappa shape index (κ2) is 5.93. The Bertz CT molecular complexity index is 1140. The minimum atomic E-state index is -0.258. The molecule has 0 aliphatic carbocycles. The van der Waals surface area contributed by atoms with E-state index < -0.39 is 0 Å². The zero-order valence-corrected chi connectivity index (χ0v) is 14.7. The standard InChI is InChI=1S/C20H16FN3S/c1-12-3-4-13(2)16(9-12)17-10-22-20-23-18(11-24(20)19(17)25)14-5-7-15(21)8-6-14/h3-11H,1-2H3,(H,22,23). The fourth-order valence-corrected chi connectivity index (χ4v) is 3.25. The molecule has 4 aromatic rings. The SMILES string of the molecule is Cc1ccc(C)c(-c2cnc3[nH]c(-c4ccc(F)cc4)cn3c2=S)c1. The Labute approximate surface area is 149 Å². The van der Waals surface area contributed by atoms with Crippen LogP contribution in [-0.4, -0.2) is 14.4 Å².